The Morgan fingerprint density at radius 1 is 1.35 bits per heavy atom. The van der Waals surface area contributed by atoms with Crippen molar-refractivity contribution in [2.75, 3.05) is 19.6 Å². The molecular formula is C15H30N2. The molecule has 2 saturated heterocycles. The van der Waals surface area contributed by atoms with E-state index in [0.717, 1.165) is 18.0 Å². The van der Waals surface area contributed by atoms with Gasteiger partial charge in [-0.1, -0.05) is 20.8 Å². The molecular weight excluding hydrogens is 208 g/mol. The van der Waals surface area contributed by atoms with Crippen molar-refractivity contribution < 1.29 is 0 Å². The number of likely N-dealkylation sites (tertiary alicyclic amines) is 1. The summed E-state index contributed by atoms with van der Waals surface area (Å²) in [6, 6.07) is 1.65. The second kappa shape index (κ2) is 5.27. The SMILES string of the molecule is CCC1CCC(C)N1CC1(C(C)C)CCNC1. The molecule has 2 rings (SSSR count). The molecule has 0 radical (unpaired) electrons. The van der Waals surface area contributed by atoms with Gasteiger partial charge in [-0.15, -0.1) is 0 Å². The summed E-state index contributed by atoms with van der Waals surface area (Å²) in [4.78, 5) is 2.81. The van der Waals surface area contributed by atoms with E-state index < -0.39 is 0 Å². The highest BCUT2D eigenvalue weighted by atomic mass is 15.2. The molecule has 0 aromatic rings. The van der Waals surface area contributed by atoms with Crippen LogP contribution in [0.1, 0.15) is 53.4 Å². The fourth-order valence-electron chi connectivity index (χ4n) is 3.79. The first-order valence-electron chi connectivity index (χ1n) is 7.55. The van der Waals surface area contributed by atoms with Gasteiger partial charge in [0.1, 0.15) is 0 Å². The summed E-state index contributed by atoms with van der Waals surface area (Å²) in [5, 5.41) is 3.59. The summed E-state index contributed by atoms with van der Waals surface area (Å²) >= 11 is 0. The van der Waals surface area contributed by atoms with Crippen LogP contribution in [0.4, 0.5) is 0 Å². The largest absolute Gasteiger partial charge is 0.316 e. The maximum atomic E-state index is 3.59. The normalized spacial score (nSPS) is 39.4. The minimum absolute atomic E-state index is 0.534. The van der Waals surface area contributed by atoms with Crippen LogP contribution in [0.2, 0.25) is 0 Å². The van der Waals surface area contributed by atoms with Gasteiger partial charge in [0.2, 0.25) is 0 Å². The molecule has 3 atom stereocenters. The molecule has 0 spiro atoms. The molecule has 2 heteroatoms. The van der Waals surface area contributed by atoms with Gasteiger partial charge in [-0.25, -0.2) is 0 Å². The Hall–Kier alpha value is -0.0800. The third-order valence-electron chi connectivity index (χ3n) is 5.42. The van der Waals surface area contributed by atoms with Crippen LogP contribution < -0.4 is 5.32 Å². The zero-order chi connectivity index (χ0) is 12.5. The predicted molar refractivity (Wildman–Crippen MR) is 74.2 cm³/mol. The standard InChI is InChI=1S/C15H30N2/c1-5-14-7-6-13(4)17(14)11-15(12(2)3)8-9-16-10-15/h12-14,16H,5-11H2,1-4H3. The van der Waals surface area contributed by atoms with E-state index in [0.29, 0.717) is 5.41 Å². The first-order valence-corrected chi connectivity index (χ1v) is 7.55. The Labute approximate surface area is 107 Å². The molecule has 2 aliphatic heterocycles. The van der Waals surface area contributed by atoms with E-state index in [-0.39, 0.29) is 0 Å². The molecule has 2 aliphatic rings. The lowest BCUT2D eigenvalue weighted by atomic mass is 9.75. The van der Waals surface area contributed by atoms with Gasteiger partial charge in [-0.05, 0) is 50.5 Å². The van der Waals surface area contributed by atoms with Gasteiger partial charge in [0.05, 0.1) is 0 Å². The maximum Gasteiger partial charge on any atom is 0.00962 e. The lowest BCUT2D eigenvalue weighted by Crippen LogP contribution is -2.46. The van der Waals surface area contributed by atoms with E-state index in [2.05, 4.69) is 37.9 Å². The highest BCUT2D eigenvalue weighted by Gasteiger charge is 2.42. The highest BCUT2D eigenvalue weighted by molar-refractivity contribution is 4.96. The zero-order valence-electron chi connectivity index (χ0n) is 12.1. The van der Waals surface area contributed by atoms with Crippen molar-refractivity contribution in [1.82, 2.24) is 10.2 Å². The number of nitrogens with one attached hydrogen (secondary N) is 1. The number of hydrogen-bond acceptors (Lipinski definition) is 2. The minimum atomic E-state index is 0.534. The lowest BCUT2D eigenvalue weighted by Gasteiger charge is -2.40. The lowest BCUT2D eigenvalue weighted by molar-refractivity contribution is 0.0842. The molecule has 0 aliphatic carbocycles. The fraction of sp³-hybridized carbons (Fsp3) is 1.00. The quantitative estimate of drug-likeness (QED) is 0.810. The molecule has 2 heterocycles. The fourth-order valence-corrected chi connectivity index (χ4v) is 3.79. The molecule has 0 aromatic carbocycles. The van der Waals surface area contributed by atoms with Crippen molar-refractivity contribution in [3.8, 4) is 0 Å². The van der Waals surface area contributed by atoms with Crippen molar-refractivity contribution in [3.63, 3.8) is 0 Å². The van der Waals surface area contributed by atoms with E-state index >= 15 is 0 Å². The molecule has 0 aromatic heterocycles. The van der Waals surface area contributed by atoms with Crippen molar-refractivity contribution in [2.24, 2.45) is 11.3 Å². The molecule has 17 heavy (non-hydrogen) atoms. The zero-order valence-corrected chi connectivity index (χ0v) is 12.1. The minimum Gasteiger partial charge on any atom is -0.316 e. The summed E-state index contributed by atoms with van der Waals surface area (Å²) in [6.07, 6.45) is 5.51. The Morgan fingerprint density at radius 2 is 2.12 bits per heavy atom. The van der Waals surface area contributed by atoms with Gasteiger partial charge in [0.25, 0.3) is 0 Å². The van der Waals surface area contributed by atoms with Crippen LogP contribution in [0.5, 0.6) is 0 Å². The molecule has 2 fully saturated rings. The van der Waals surface area contributed by atoms with Crippen LogP contribution in [0, 0.1) is 11.3 Å². The highest BCUT2D eigenvalue weighted by Crippen LogP contribution is 2.38. The number of hydrogen-bond donors (Lipinski definition) is 1. The molecule has 3 unspecified atom stereocenters. The smallest absolute Gasteiger partial charge is 0.00962 e. The third kappa shape index (κ3) is 2.53. The van der Waals surface area contributed by atoms with Crippen molar-refractivity contribution in [2.45, 2.75) is 65.5 Å². The van der Waals surface area contributed by atoms with Gasteiger partial charge >= 0.3 is 0 Å². The summed E-state index contributed by atoms with van der Waals surface area (Å²) in [5.74, 6) is 0.794. The molecule has 0 bridgehead atoms. The van der Waals surface area contributed by atoms with Crippen molar-refractivity contribution >= 4 is 0 Å². The van der Waals surface area contributed by atoms with Gasteiger partial charge in [-0.3, -0.25) is 4.90 Å². The molecule has 1 N–H and O–H groups in total. The third-order valence-corrected chi connectivity index (χ3v) is 5.42. The van der Waals surface area contributed by atoms with E-state index in [1.807, 2.05) is 0 Å². The van der Waals surface area contributed by atoms with E-state index in [4.69, 9.17) is 0 Å². The Kier molecular flexibility index (Phi) is 4.14. The van der Waals surface area contributed by atoms with Gasteiger partial charge < -0.3 is 5.32 Å². The van der Waals surface area contributed by atoms with Crippen LogP contribution in [0.3, 0.4) is 0 Å². The average Bonchev–Trinajstić information content (AvgIpc) is 2.89. The summed E-state index contributed by atoms with van der Waals surface area (Å²) in [6.45, 7) is 13.4. The summed E-state index contributed by atoms with van der Waals surface area (Å²) in [5.41, 5.74) is 0.534. The molecule has 0 amide bonds. The monoisotopic (exact) mass is 238 g/mol. The number of rotatable bonds is 4. The number of nitrogens with zero attached hydrogens (tertiary/aromatic N) is 1. The van der Waals surface area contributed by atoms with Crippen LogP contribution in [-0.4, -0.2) is 36.6 Å². The Morgan fingerprint density at radius 3 is 2.65 bits per heavy atom. The van der Waals surface area contributed by atoms with Crippen molar-refractivity contribution in [1.29, 1.82) is 0 Å². The van der Waals surface area contributed by atoms with E-state index in [1.54, 1.807) is 0 Å². The van der Waals surface area contributed by atoms with Crippen LogP contribution in [-0.2, 0) is 0 Å². The topological polar surface area (TPSA) is 15.3 Å². The Balaban J connectivity index is 2.07. The second-order valence-corrected chi connectivity index (χ2v) is 6.60. The summed E-state index contributed by atoms with van der Waals surface area (Å²) < 4.78 is 0. The van der Waals surface area contributed by atoms with Crippen LogP contribution in [0.25, 0.3) is 0 Å². The average molecular weight is 238 g/mol. The van der Waals surface area contributed by atoms with Crippen molar-refractivity contribution in [3.05, 3.63) is 0 Å². The second-order valence-electron chi connectivity index (χ2n) is 6.60. The Bertz CT molecular complexity index is 243. The maximum absolute atomic E-state index is 3.59. The molecule has 100 valence electrons. The molecule has 2 nitrogen and oxygen atoms in total. The van der Waals surface area contributed by atoms with E-state index in [9.17, 15) is 0 Å². The first kappa shape index (κ1) is 13.4. The molecule has 0 saturated carbocycles. The van der Waals surface area contributed by atoms with Gasteiger partial charge in [0.15, 0.2) is 0 Å². The van der Waals surface area contributed by atoms with Gasteiger partial charge in [0, 0.05) is 25.2 Å². The predicted octanol–water partition coefficient (Wildman–Crippen LogP) is 2.89. The van der Waals surface area contributed by atoms with Crippen LogP contribution >= 0.6 is 0 Å². The summed E-state index contributed by atoms with van der Waals surface area (Å²) in [7, 11) is 0. The van der Waals surface area contributed by atoms with Gasteiger partial charge in [-0.2, -0.15) is 0 Å². The van der Waals surface area contributed by atoms with Crippen LogP contribution in [0.15, 0.2) is 0 Å². The van der Waals surface area contributed by atoms with E-state index in [1.165, 1.54) is 45.3 Å². The first-order chi connectivity index (χ1) is 8.09.